The first-order valence-electron chi connectivity index (χ1n) is 7.69. The number of hydrogen-bond acceptors (Lipinski definition) is 3. The van der Waals surface area contributed by atoms with Gasteiger partial charge in [-0.1, -0.05) is 25.5 Å². The van der Waals surface area contributed by atoms with Crippen molar-refractivity contribution in [2.45, 2.75) is 56.6 Å². The fraction of sp³-hybridized carbons (Fsp3) is 0.688. The lowest BCUT2D eigenvalue weighted by Crippen LogP contribution is -2.43. The minimum absolute atomic E-state index is 0.223. The number of hydrogen-bond donors (Lipinski definition) is 1. The van der Waals surface area contributed by atoms with Crippen molar-refractivity contribution in [1.82, 2.24) is 4.72 Å². The molecule has 0 aromatic rings. The SMILES string of the molecule is C=CCCCC1(S(=O)(=O)NC(=O)C2(C=C)CC2CC)CC1. The number of unbranched alkanes of at least 4 members (excludes halogenated alkanes) is 1. The predicted molar refractivity (Wildman–Crippen MR) is 84.1 cm³/mol. The van der Waals surface area contributed by atoms with Gasteiger partial charge in [-0.3, -0.25) is 9.52 Å². The summed E-state index contributed by atoms with van der Waals surface area (Å²) in [6, 6.07) is 0. The molecule has 0 aliphatic heterocycles. The molecule has 0 aromatic heterocycles. The van der Waals surface area contributed by atoms with Crippen molar-refractivity contribution in [3.63, 3.8) is 0 Å². The molecule has 0 aromatic carbocycles. The highest BCUT2D eigenvalue weighted by molar-refractivity contribution is 7.91. The van der Waals surface area contributed by atoms with Crippen LogP contribution in [0.5, 0.6) is 0 Å². The number of sulfonamides is 1. The van der Waals surface area contributed by atoms with Gasteiger partial charge in [0.1, 0.15) is 0 Å². The highest BCUT2D eigenvalue weighted by Crippen LogP contribution is 2.56. The third-order valence-electron chi connectivity index (χ3n) is 5.08. The van der Waals surface area contributed by atoms with Gasteiger partial charge < -0.3 is 0 Å². The van der Waals surface area contributed by atoms with Crippen molar-refractivity contribution in [2.24, 2.45) is 11.3 Å². The van der Waals surface area contributed by atoms with Crippen LogP contribution in [0, 0.1) is 11.3 Å². The van der Waals surface area contributed by atoms with Crippen LogP contribution in [-0.4, -0.2) is 19.1 Å². The zero-order valence-electron chi connectivity index (χ0n) is 12.7. The summed E-state index contributed by atoms with van der Waals surface area (Å²) in [5.41, 5.74) is -0.668. The van der Waals surface area contributed by atoms with Crippen LogP contribution in [0.25, 0.3) is 0 Å². The molecule has 118 valence electrons. The maximum Gasteiger partial charge on any atom is 0.243 e. The monoisotopic (exact) mass is 311 g/mol. The van der Waals surface area contributed by atoms with Gasteiger partial charge in [-0.2, -0.15) is 0 Å². The van der Waals surface area contributed by atoms with E-state index < -0.39 is 20.2 Å². The molecular formula is C16H25NO3S. The standard InChI is InChI=1S/C16H25NO3S/c1-4-7-8-9-15(10-11-15)21(19,20)17-14(18)16(6-3)12-13(16)5-2/h4,6,13H,1,3,5,7-12H2,2H3,(H,17,18). The van der Waals surface area contributed by atoms with Gasteiger partial charge >= 0.3 is 0 Å². The Hall–Kier alpha value is -1.10. The van der Waals surface area contributed by atoms with E-state index in [0.717, 1.165) is 19.3 Å². The Kier molecular flexibility index (Phi) is 4.34. The summed E-state index contributed by atoms with van der Waals surface area (Å²) in [5.74, 6) is -0.166. The molecule has 21 heavy (non-hydrogen) atoms. The van der Waals surface area contributed by atoms with Gasteiger partial charge in [0.05, 0.1) is 10.2 Å². The summed E-state index contributed by atoms with van der Waals surface area (Å²) >= 11 is 0. The van der Waals surface area contributed by atoms with Crippen molar-refractivity contribution in [2.75, 3.05) is 0 Å². The van der Waals surface area contributed by atoms with E-state index in [2.05, 4.69) is 17.9 Å². The van der Waals surface area contributed by atoms with Crippen molar-refractivity contribution < 1.29 is 13.2 Å². The summed E-state index contributed by atoms with van der Waals surface area (Å²) in [6.45, 7) is 9.38. The Labute approximate surface area is 127 Å². The molecule has 2 unspecified atom stereocenters. The number of carbonyl (C=O) groups is 1. The first kappa shape index (κ1) is 16.3. The Morgan fingerprint density at radius 2 is 2.05 bits per heavy atom. The van der Waals surface area contributed by atoms with Crippen LogP contribution in [0.2, 0.25) is 0 Å². The van der Waals surface area contributed by atoms with Crippen molar-refractivity contribution in [1.29, 1.82) is 0 Å². The molecule has 1 amide bonds. The van der Waals surface area contributed by atoms with E-state index in [-0.39, 0.29) is 11.8 Å². The number of rotatable bonds is 9. The minimum Gasteiger partial charge on any atom is -0.273 e. The van der Waals surface area contributed by atoms with E-state index in [9.17, 15) is 13.2 Å². The van der Waals surface area contributed by atoms with Crippen molar-refractivity contribution in [3.05, 3.63) is 25.3 Å². The summed E-state index contributed by atoms with van der Waals surface area (Å²) < 4.78 is 26.6. The lowest BCUT2D eigenvalue weighted by atomic mass is 10.0. The lowest BCUT2D eigenvalue weighted by molar-refractivity contribution is -0.123. The molecule has 2 fully saturated rings. The average molecular weight is 311 g/mol. The van der Waals surface area contributed by atoms with E-state index in [1.807, 2.05) is 6.92 Å². The van der Waals surface area contributed by atoms with Gasteiger partial charge in [0.15, 0.2) is 0 Å². The number of nitrogens with one attached hydrogen (secondary N) is 1. The van der Waals surface area contributed by atoms with Crippen LogP contribution >= 0.6 is 0 Å². The van der Waals surface area contributed by atoms with Crippen LogP contribution in [0.15, 0.2) is 25.3 Å². The van der Waals surface area contributed by atoms with Crippen LogP contribution in [0.4, 0.5) is 0 Å². The van der Waals surface area contributed by atoms with Crippen molar-refractivity contribution in [3.8, 4) is 0 Å². The fourth-order valence-electron chi connectivity index (χ4n) is 3.16. The van der Waals surface area contributed by atoms with Crippen LogP contribution < -0.4 is 4.72 Å². The second kappa shape index (κ2) is 5.59. The van der Waals surface area contributed by atoms with Crippen LogP contribution in [0.3, 0.4) is 0 Å². The maximum absolute atomic E-state index is 12.5. The van der Waals surface area contributed by atoms with E-state index in [1.54, 1.807) is 12.2 Å². The highest BCUT2D eigenvalue weighted by atomic mass is 32.2. The van der Waals surface area contributed by atoms with Gasteiger partial charge in [-0.25, -0.2) is 8.42 Å². The van der Waals surface area contributed by atoms with E-state index >= 15 is 0 Å². The smallest absolute Gasteiger partial charge is 0.243 e. The van der Waals surface area contributed by atoms with Gasteiger partial charge in [-0.05, 0) is 44.4 Å². The Bertz CT molecular complexity index is 548. The highest BCUT2D eigenvalue weighted by Gasteiger charge is 2.60. The summed E-state index contributed by atoms with van der Waals surface area (Å²) in [6.07, 6.45) is 8.47. The molecule has 2 aliphatic carbocycles. The van der Waals surface area contributed by atoms with Crippen molar-refractivity contribution >= 4 is 15.9 Å². The molecule has 2 rings (SSSR count). The maximum atomic E-state index is 12.5. The topological polar surface area (TPSA) is 63.2 Å². The molecule has 2 atom stereocenters. The summed E-state index contributed by atoms with van der Waals surface area (Å²) in [7, 11) is -3.59. The predicted octanol–water partition coefficient (Wildman–Crippen LogP) is 2.92. The number of allylic oxidation sites excluding steroid dienone is 1. The largest absolute Gasteiger partial charge is 0.273 e. The molecule has 0 bridgehead atoms. The quantitative estimate of drug-likeness (QED) is 0.526. The second-order valence-electron chi connectivity index (χ2n) is 6.35. The molecule has 0 saturated heterocycles. The Morgan fingerprint density at radius 3 is 2.48 bits per heavy atom. The second-order valence-corrected chi connectivity index (χ2v) is 8.43. The molecule has 0 heterocycles. The van der Waals surface area contributed by atoms with Crippen LogP contribution in [0.1, 0.15) is 51.9 Å². The molecule has 5 heteroatoms. The molecule has 4 nitrogen and oxygen atoms in total. The van der Waals surface area contributed by atoms with E-state index in [0.29, 0.717) is 25.7 Å². The average Bonchev–Trinajstić information content (AvgIpc) is 3.33. The normalized spacial score (nSPS) is 29.5. The fourth-order valence-corrected chi connectivity index (χ4v) is 4.87. The van der Waals surface area contributed by atoms with Crippen LogP contribution in [-0.2, 0) is 14.8 Å². The number of carbonyl (C=O) groups excluding carboxylic acids is 1. The first-order valence-corrected chi connectivity index (χ1v) is 9.17. The molecule has 2 saturated carbocycles. The first-order chi connectivity index (χ1) is 9.87. The third-order valence-corrected chi connectivity index (χ3v) is 7.28. The minimum atomic E-state index is -3.59. The Balaban J connectivity index is 2.03. The van der Waals surface area contributed by atoms with E-state index in [1.165, 1.54) is 0 Å². The summed E-state index contributed by atoms with van der Waals surface area (Å²) in [5, 5.41) is 0. The lowest BCUT2D eigenvalue weighted by Gasteiger charge is -2.19. The molecule has 0 radical (unpaired) electrons. The molecular weight excluding hydrogens is 286 g/mol. The summed E-state index contributed by atoms with van der Waals surface area (Å²) in [4.78, 5) is 12.4. The van der Waals surface area contributed by atoms with Gasteiger partial charge in [-0.15, -0.1) is 13.2 Å². The molecule has 0 spiro atoms. The number of amides is 1. The van der Waals surface area contributed by atoms with Gasteiger partial charge in [0.2, 0.25) is 15.9 Å². The zero-order chi connectivity index (χ0) is 15.7. The van der Waals surface area contributed by atoms with Gasteiger partial charge in [0.25, 0.3) is 0 Å². The molecule has 2 aliphatic rings. The van der Waals surface area contributed by atoms with Gasteiger partial charge in [0, 0.05) is 0 Å². The zero-order valence-corrected chi connectivity index (χ0v) is 13.5. The third kappa shape index (κ3) is 2.80. The Morgan fingerprint density at radius 1 is 1.38 bits per heavy atom. The van der Waals surface area contributed by atoms with E-state index in [4.69, 9.17) is 0 Å². The molecule has 1 N–H and O–H groups in total.